The van der Waals surface area contributed by atoms with Crippen molar-refractivity contribution in [3.05, 3.63) is 0 Å². The van der Waals surface area contributed by atoms with Gasteiger partial charge in [0.15, 0.2) is 0 Å². The molecule has 1 aromatic heterocycles. The minimum atomic E-state index is 0.0460. The van der Waals surface area contributed by atoms with E-state index >= 15 is 0 Å². The van der Waals surface area contributed by atoms with Gasteiger partial charge < -0.3 is 15.4 Å². The number of ether oxygens (including phenoxy) is 1. The Morgan fingerprint density at radius 2 is 2.00 bits per heavy atom. The molecule has 1 saturated heterocycles. The van der Waals surface area contributed by atoms with Gasteiger partial charge in [0.05, 0.1) is 6.10 Å². The van der Waals surface area contributed by atoms with E-state index in [4.69, 9.17) is 4.74 Å². The van der Waals surface area contributed by atoms with Crippen LogP contribution < -0.4 is 15.4 Å². The van der Waals surface area contributed by atoms with Crippen LogP contribution in [0.25, 0.3) is 0 Å². The second kappa shape index (κ2) is 8.26. The molecule has 1 unspecified atom stereocenters. The first-order valence-electron chi connectivity index (χ1n) is 7.69. The van der Waals surface area contributed by atoms with E-state index in [1.807, 2.05) is 25.6 Å². The van der Waals surface area contributed by atoms with Crippen LogP contribution in [0.2, 0.25) is 0 Å². The smallest absolute Gasteiger partial charge is 0.323 e. The molecular formula is C14H25N5OS. The average molecular weight is 311 g/mol. The van der Waals surface area contributed by atoms with Gasteiger partial charge in [-0.05, 0) is 38.9 Å². The van der Waals surface area contributed by atoms with E-state index in [0.717, 1.165) is 19.5 Å². The number of anilines is 2. The van der Waals surface area contributed by atoms with E-state index < -0.39 is 0 Å². The summed E-state index contributed by atoms with van der Waals surface area (Å²) in [5.41, 5.74) is 0. The molecule has 7 heteroatoms. The Morgan fingerprint density at radius 1 is 1.24 bits per heavy atom. The molecule has 1 aliphatic heterocycles. The molecule has 1 aliphatic rings. The monoisotopic (exact) mass is 311 g/mol. The Morgan fingerprint density at radius 3 is 2.62 bits per heavy atom. The molecule has 0 aromatic carbocycles. The maximum absolute atomic E-state index is 5.60. The fourth-order valence-electron chi connectivity index (χ4n) is 2.03. The molecule has 0 bridgehead atoms. The first-order valence-corrected chi connectivity index (χ1v) is 8.74. The predicted molar refractivity (Wildman–Crippen MR) is 88.3 cm³/mol. The van der Waals surface area contributed by atoms with Crippen LogP contribution >= 0.6 is 11.8 Å². The number of aromatic nitrogens is 3. The van der Waals surface area contributed by atoms with Crippen LogP contribution in [-0.4, -0.2) is 45.1 Å². The van der Waals surface area contributed by atoms with Gasteiger partial charge in [-0.3, -0.25) is 0 Å². The third-order valence-corrected chi connectivity index (χ3v) is 4.40. The fourth-order valence-corrected chi connectivity index (χ4v) is 3.23. The lowest BCUT2D eigenvalue weighted by molar-refractivity contribution is 0.222. The van der Waals surface area contributed by atoms with Crippen molar-refractivity contribution in [1.29, 1.82) is 0 Å². The standard InChI is InChI=1S/C14H25N5OS/c1-4-7-15-12-17-13(16-9-11-6-5-8-21-11)19-14(18-12)20-10(2)3/h10-11H,4-9H2,1-3H3,(H2,15,16,17,18,19). The van der Waals surface area contributed by atoms with E-state index in [1.165, 1.54) is 18.6 Å². The lowest BCUT2D eigenvalue weighted by Gasteiger charge is -2.13. The average Bonchev–Trinajstić information content (AvgIpc) is 2.95. The van der Waals surface area contributed by atoms with E-state index in [2.05, 4.69) is 32.5 Å². The highest BCUT2D eigenvalue weighted by atomic mass is 32.2. The van der Waals surface area contributed by atoms with Gasteiger partial charge in [-0.25, -0.2) is 0 Å². The lowest BCUT2D eigenvalue weighted by atomic mass is 10.2. The molecule has 2 N–H and O–H groups in total. The van der Waals surface area contributed by atoms with Crippen molar-refractivity contribution in [2.24, 2.45) is 0 Å². The summed E-state index contributed by atoms with van der Waals surface area (Å²) in [5.74, 6) is 2.42. The van der Waals surface area contributed by atoms with Crippen LogP contribution in [-0.2, 0) is 0 Å². The number of rotatable bonds is 8. The minimum absolute atomic E-state index is 0.0460. The summed E-state index contributed by atoms with van der Waals surface area (Å²) in [5, 5.41) is 7.16. The molecule has 21 heavy (non-hydrogen) atoms. The minimum Gasteiger partial charge on any atom is -0.461 e. The van der Waals surface area contributed by atoms with Gasteiger partial charge in [0, 0.05) is 18.3 Å². The van der Waals surface area contributed by atoms with Crippen LogP contribution in [0.15, 0.2) is 0 Å². The molecule has 6 nitrogen and oxygen atoms in total. The Balaban J connectivity index is 2.01. The molecule has 2 heterocycles. The molecule has 118 valence electrons. The third kappa shape index (κ3) is 5.57. The summed E-state index contributed by atoms with van der Waals surface area (Å²) < 4.78 is 5.60. The molecule has 1 fully saturated rings. The van der Waals surface area contributed by atoms with Gasteiger partial charge >= 0.3 is 6.01 Å². The molecule has 1 atom stereocenters. The summed E-state index contributed by atoms with van der Waals surface area (Å²) in [4.78, 5) is 13.0. The highest BCUT2D eigenvalue weighted by Crippen LogP contribution is 2.26. The Hall–Kier alpha value is -1.24. The Kier molecular flexibility index (Phi) is 6.35. The summed E-state index contributed by atoms with van der Waals surface area (Å²) in [7, 11) is 0. The van der Waals surface area contributed by atoms with Crippen LogP contribution in [0.1, 0.15) is 40.0 Å². The van der Waals surface area contributed by atoms with Gasteiger partial charge in [-0.2, -0.15) is 26.7 Å². The van der Waals surface area contributed by atoms with E-state index in [-0.39, 0.29) is 6.10 Å². The van der Waals surface area contributed by atoms with Crippen molar-refractivity contribution >= 4 is 23.7 Å². The topological polar surface area (TPSA) is 72.0 Å². The van der Waals surface area contributed by atoms with Gasteiger partial charge in [0.1, 0.15) is 0 Å². The lowest BCUT2D eigenvalue weighted by Crippen LogP contribution is -2.18. The molecule has 1 aromatic rings. The molecule has 0 saturated carbocycles. The molecule has 0 amide bonds. The second-order valence-electron chi connectivity index (χ2n) is 5.37. The van der Waals surface area contributed by atoms with E-state index in [0.29, 0.717) is 23.2 Å². The van der Waals surface area contributed by atoms with Crippen molar-refractivity contribution in [1.82, 2.24) is 15.0 Å². The van der Waals surface area contributed by atoms with Crippen LogP contribution in [0.3, 0.4) is 0 Å². The molecule has 0 aliphatic carbocycles. The highest BCUT2D eigenvalue weighted by molar-refractivity contribution is 8.00. The molecular weight excluding hydrogens is 286 g/mol. The fraction of sp³-hybridized carbons (Fsp3) is 0.786. The number of nitrogens with one attached hydrogen (secondary N) is 2. The van der Waals surface area contributed by atoms with Gasteiger partial charge in [-0.1, -0.05) is 6.92 Å². The van der Waals surface area contributed by atoms with Crippen LogP contribution in [0.5, 0.6) is 6.01 Å². The van der Waals surface area contributed by atoms with Gasteiger partial charge in [0.2, 0.25) is 11.9 Å². The largest absolute Gasteiger partial charge is 0.461 e. The molecule has 0 spiro atoms. The van der Waals surface area contributed by atoms with Crippen molar-refractivity contribution in [2.75, 3.05) is 29.5 Å². The first-order chi connectivity index (χ1) is 10.2. The summed E-state index contributed by atoms with van der Waals surface area (Å²) >= 11 is 2.01. The predicted octanol–water partition coefficient (Wildman–Crippen LogP) is 2.79. The number of hydrogen-bond donors (Lipinski definition) is 2. The normalized spacial score (nSPS) is 18.0. The number of hydrogen-bond acceptors (Lipinski definition) is 7. The Labute approximate surface area is 130 Å². The number of nitrogens with zero attached hydrogens (tertiary/aromatic N) is 3. The van der Waals surface area contributed by atoms with Crippen molar-refractivity contribution in [2.45, 2.75) is 51.4 Å². The number of thioether (sulfide) groups is 1. The van der Waals surface area contributed by atoms with Gasteiger partial charge in [0.25, 0.3) is 0 Å². The zero-order valence-corrected chi connectivity index (χ0v) is 13.9. The maximum atomic E-state index is 5.60. The summed E-state index contributed by atoms with van der Waals surface area (Å²) in [6.07, 6.45) is 3.64. The van der Waals surface area contributed by atoms with Crippen LogP contribution in [0.4, 0.5) is 11.9 Å². The second-order valence-corrected chi connectivity index (χ2v) is 6.78. The van der Waals surface area contributed by atoms with E-state index in [1.54, 1.807) is 0 Å². The van der Waals surface area contributed by atoms with Crippen molar-refractivity contribution in [3.63, 3.8) is 0 Å². The highest BCUT2D eigenvalue weighted by Gasteiger charge is 2.16. The van der Waals surface area contributed by atoms with E-state index in [9.17, 15) is 0 Å². The van der Waals surface area contributed by atoms with Crippen molar-refractivity contribution in [3.8, 4) is 6.01 Å². The Bertz CT molecular complexity index is 437. The zero-order chi connectivity index (χ0) is 15.1. The summed E-state index contributed by atoms with van der Waals surface area (Å²) in [6.45, 7) is 7.76. The first kappa shape index (κ1) is 16.1. The van der Waals surface area contributed by atoms with Crippen molar-refractivity contribution < 1.29 is 4.74 Å². The third-order valence-electron chi connectivity index (χ3n) is 3.00. The zero-order valence-electron chi connectivity index (χ0n) is 13.1. The van der Waals surface area contributed by atoms with Crippen LogP contribution in [0, 0.1) is 0 Å². The summed E-state index contributed by atoms with van der Waals surface area (Å²) in [6, 6.07) is 0.375. The molecule has 2 rings (SSSR count). The quantitative estimate of drug-likeness (QED) is 0.765. The maximum Gasteiger partial charge on any atom is 0.323 e. The van der Waals surface area contributed by atoms with Gasteiger partial charge in [-0.15, -0.1) is 0 Å². The molecule has 0 radical (unpaired) electrons. The SMILES string of the molecule is CCCNc1nc(NCC2CCCS2)nc(OC(C)C)n1.